The van der Waals surface area contributed by atoms with Gasteiger partial charge in [-0.2, -0.15) is 0 Å². The summed E-state index contributed by atoms with van der Waals surface area (Å²) in [6.45, 7) is 0. The number of hydrogen-bond donors (Lipinski definition) is 0. The zero-order valence-electron chi connectivity index (χ0n) is 19.2. The Bertz CT molecular complexity index is 442. The standard InChI is InChI=1S/2Ba.27O.2Sr.2Ta.9Ti/q2*+2;;;;;;;;;;18*-1;2*+2;2*+5;;;;;;;;;. The van der Waals surface area contributed by atoms with Crippen LogP contribution < -0.4 is 66.4 Å². The topological polar surface area (TPSA) is 569 Å². The Morgan fingerprint density at radius 1 is 0.214 bits per heavy atom. The van der Waals surface area contributed by atoms with Crippen molar-refractivity contribution in [3.8, 4) is 0 Å². The van der Waals surface area contributed by atoms with Gasteiger partial charge in [0.2, 0.25) is 0 Å². The van der Waals surface area contributed by atoms with Crippen molar-refractivity contribution in [2.24, 2.45) is 0 Å². The van der Waals surface area contributed by atoms with Gasteiger partial charge in [0.05, 0.1) is 0 Å². The first kappa shape index (κ1) is 99.5. The van der Waals surface area contributed by atoms with E-state index in [9.17, 15) is 0 Å². The second-order valence-corrected chi connectivity index (χ2v) is 9.28. The SMILES string of the molecule is [Ba+2].[Ba+2].[O]=[Ti]([O-])[O-].[O]=[Ti]([O-])[O-].[O]=[Ti]([O-])[O-].[O]=[Ti]([O-])[O-].[O]=[Ti]([O-])[O-].[O]=[Ti]([O-])[O-].[O]=[Ti]([O-])[O-].[O]=[Ti]([O-])[O-].[O]=[Ti]([O-])[O-].[Sr+2].[Sr+2].[Ta+5].[Ta+5]. The maximum atomic E-state index is 8.58. The van der Waals surface area contributed by atoms with Crippen molar-refractivity contribution in [3.05, 3.63) is 0 Å². The van der Waals surface area contributed by atoms with Crippen LogP contribution in [-0.4, -0.2) is 189 Å². The Morgan fingerprint density at radius 2 is 0.214 bits per heavy atom. The van der Waals surface area contributed by atoms with Crippen molar-refractivity contribution in [1.82, 2.24) is 0 Å². The molecule has 0 fully saturated rings. The maximum absolute atomic E-state index is 8.58. The van der Waals surface area contributed by atoms with E-state index >= 15 is 0 Å². The fraction of sp³-hybridized carbons (Fsp3) is 0. The van der Waals surface area contributed by atoms with E-state index in [1.165, 1.54) is 0 Å². The predicted octanol–water partition coefficient (Wildman–Crippen LogP) is -24.0. The van der Waals surface area contributed by atoms with Gasteiger partial charge in [0.25, 0.3) is 0 Å². The second kappa shape index (κ2) is 93.9. The van der Waals surface area contributed by atoms with E-state index in [4.69, 9.17) is 96.3 Å². The van der Waals surface area contributed by atoms with Gasteiger partial charge in [0.15, 0.2) is 0 Å². The molecular weight excluding hydrogens is 1670 g/mol. The van der Waals surface area contributed by atoms with Crippen LogP contribution in [0.3, 0.4) is 0 Å². The molecule has 0 saturated carbocycles. The largest absolute Gasteiger partial charge is 5.00 e. The Kier molecular flexibility index (Phi) is 222. The van der Waals surface area contributed by atoms with Crippen molar-refractivity contribution in [1.29, 1.82) is 0 Å². The summed E-state index contributed by atoms with van der Waals surface area (Å²) in [6.07, 6.45) is 0. The van der Waals surface area contributed by atoms with Gasteiger partial charge in [-0.1, -0.05) is 0 Å². The number of rotatable bonds is 0. The molecule has 27 nitrogen and oxygen atoms in total. The van der Waals surface area contributed by atoms with E-state index in [0.717, 1.165) is 0 Å². The summed E-state index contributed by atoms with van der Waals surface area (Å²) < 4.78 is 232. The van der Waals surface area contributed by atoms with E-state index in [-0.39, 0.29) is 233 Å². The van der Waals surface area contributed by atoms with Crippen LogP contribution in [0.2, 0.25) is 0 Å². The average Bonchev–Trinajstić information content (AvgIpc) is 2.39. The molecular formula is Ba2O27Sr2Ta2Ti9. The molecule has 42 heteroatoms. The molecule has 0 aliphatic rings. The molecule has 0 aliphatic carbocycles. The van der Waals surface area contributed by atoms with E-state index in [0.29, 0.717) is 0 Å². The van der Waals surface area contributed by atoms with Gasteiger partial charge in [-0.3, -0.25) is 0 Å². The monoisotopic (exact) mass is 1680 g/mol. The van der Waals surface area contributed by atoms with Gasteiger partial charge in [0.1, 0.15) is 0 Å². The van der Waals surface area contributed by atoms with Crippen LogP contribution in [0.25, 0.3) is 0 Å². The first-order valence-corrected chi connectivity index (χ1v) is 22.7. The third kappa shape index (κ3) is 994. The molecule has 42 heavy (non-hydrogen) atoms. The summed E-state index contributed by atoms with van der Waals surface area (Å²) in [6, 6.07) is 0. The van der Waals surface area contributed by atoms with Crippen LogP contribution >= 0.6 is 0 Å². The molecule has 0 spiro atoms. The molecule has 0 N–H and O–H groups in total. The van der Waals surface area contributed by atoms with Crippen LogP contribution in [0, 0.1) is 0 Å². The Labute approximate surface area is 482 Å². The van der Waals surface area contributed by atoms with Crippen molar-refractivity contribution < 1.29 is 309 Å². The summed E-state index contributed by atoms with van der Waals surface area (Å²) in [4.78, 5) is 0. The van der Waals surface area contributed by atoms with Gasteiger partial charge < -0.3 is 0 Å². The normalized spacial score (nSPS) is 5.57. The van der Waals surface area contributed by atoms with Crippen molar-refractivity contribution in [2.75, 3.05) is 0 Å². The van der Waals surface area contributed by atoms with Crippen LogP contribution in [0.4, 0.5) is 0 Å². The predicted molar refractivity (Wildman–Crippen MR) is 29.2 cm³/mol. The first-order valence-electron chi connectivity index (χ1n) is 5.51. The third-order valence-electron chi connectivity index (χ3n) is 0. The molecule has 0 aliphatic heterocycles. The average molecular weight is 1670 g/mol. The maximum Gasteiger partial charge on any atom is 5.00 e. The Balaban J connectivity index is -0.0000000148. The minimum Gasteiger partial charge on any atom is 2.00 e. The molecule has 0 saturated heterocycles. The van der Waals surface area contributed by atoms with Gasteiger partial charge in [-0.25, -0.2) is 0 Å². The Hall–Kier alpha value is 11.5. The van der Waals surface area contributed by atoms with Crippen LogP contribution in [0.1, 0.15) is 0 Å². The summed E-state index contributed by atoms with van der Waals surface area (Å²) in [5, 5.41) is 0. The molecule has 0 aromatic heterocycles. The smallest absolute Gasteiger partial charge is 2.00 e. The minimum atomic E-state index is -4.08. The van der Waals surface area contributed by atoms with Crippen LogP contribution in [0.15, 0.2) is 0 Å². The molecule has 216 valence electrons. The fourth-order valence-corrected chi connectivity index (χ4v) is 0. The molecule has 0 aromatic rings. The summed E-state index contributed by atoms with van der Waals surface area (Å²) in [5.41, 5.74) is 0. The quantitative estimate of drug-likeness (QED) is 0.203. The van der Waals surface area contributed by atoms with Crippen LogP contribution in [0.5, 0.6) is 0 Å². The zero-order chi connectivity index (χ0) is 32.2. The Morgan fingerprint density at radius 3 is 0.214 bits per heavy atom. The van der Waals surface area contributed by atoms with Gasteiger partial charge in [-0.05, 0) is 0 Å². The van der Waals surface area contributed by atoms with Crippen LogP contribution in [-0.2, 0) is 242 Å². The molecule has 0 heterocycles. The second-order valence-electron chi connectivity index (χ2n) is 2.25. The minimum absolute atomic E-state index is 0. The molecule has 0 bridgehead atoms. The van der Waals surface area contributed by atoms with Gasteiger partial charge >= 0.3 is 497 Å². The molecule has 0 unspecified atom stereocenters. The molecule has 0 radical (unpaired) electrons. The summed E-state index contributed by atoms with van der Waals surface area (Å²) in [5.74, 6) is 0. The van der Waals surface area contributed by atoms with Gasteiger partial charge in [0, 0.05) is 0 Å². The molecule has 0 rings (SSSR count). The summed E-state index contributed by atoms with van der Waals surface area (Å²) >= 11 is -36.8. The van der Waals surface area contributed by atoms with Crippen molar-refractivity contribution in [3.63, 3.8) is 0 Å². The fourth-order valence-electron chi connectivity index (χ4n) is 0. The number of hydrogen-bond acceptors (Lipinski definition) is 27. The first-order chi connectivity index (χ1) is 15.6. The molecule has 0 atom stereocenters. The van der Waals surface area contributed by atoms with E-state index in [1.807, 2.05) is 0 Å². The van der Waals surface area contributed by atoms with Crippen molar-refractivity contribution in [2.45, 2.75) is 0 Å². The van der Waals surface area contributed by atoms with E-state index < -0.39 is 168 Å². The van der Waals surface area contributed by atoms with Gasteiger partial charge in [-0.15, -0.1) is 0 Å². The zero-order valence-corrected chi connectivity index (χ0v) is 55.6. The van der Waals surface area contributed by atoms with E-state index in [2.05, 4.69) is 0 Å². The van der Waals surface area contributed by atoms with Crippen molar-refractivity contribution >= 4 is 189 Å². The third-order valence-corrected chi connectivity index (χ3v) is 0. The molecule has 0 amide bonds. The summed E-state index contributed by atoms with van der Waals surface area (Å²) in [7, 11) is 0. The molecule has 0 aromatic carbocycles. The van der Waals surface area contributed by atoms with E-state index in [1.54, 1.807) is 0 Å².